The molecule has 2 atom stereocenters. The number of hydrogen-bond acceptors (Lipinski definition) is 5. The van der Waals surface area contributed by atoms with Crippen LogP contribution in [-0.4, -0.2) is 30.7 Å². The van der Waals surface area contributed by atoms with E-state index in [1.165, 1.54) is 7.11 Å². The first kappa shape index (κ1) is 24.5. The fourth-order valence-corrected chi connectivity index (χ4v) is 5.30. The van der Waals surface area contributed by atoms with Gasteiger partial charge in [-0.1, -0.05) is 35.0 Å². The first-order valence-electron chi connectivity index (χ1n) is 9.82. The second-order valence-corrected chi connectivity index (χ2v) is 9.89. The number of carbonyl (C=O) groups is 2. The molecule has 2 aromatic carbocycles. The van der Waals surface area contributed by atoms with Crippen molar-refractivity contribution in [3.8, 4) is 5.75 Å². The molecule has 0 fully saturated rings. The van der Waals surface area contributed by atoms with Gasteiger partial charge in [0.05, 0.1) is 19.0 Å². The maximum absolute atomic E-state index is 13.8. The molecule has 30 heavy (non-hydrogen) atoms. The van der Waals surface area contributed by atoms with Gasteiger partial charge in [0.25, 0.3) is 0 Å². The summed E-state index contributed by atoms with van der Waals surface area (Å²) < 4.78 is 10.5. The number of hydrogen-bond donors (Lipinski definition) is 0. The summed E-state index contributed by atoms with van der Waals surface area (Å²) in [5, 5.41) is 0. The first-order valence-corrected chi connectivity index (χ1v) is 11.6. The van der Waals surface area contributed by atoms with Crippen molar-refractivity contribution in [1.29, 1.82) is 0 Å². The third kappa shape index (κ3) is 5.46. The highest BCUT2D eigenvalue weighted by Crippen LogP contribution is 2.40. The molecule has 6 heteroatoms. The Hall–Kier alpha value is -1.79. The van der Waals surface area contributed by atoms with E-state index >= 15 is 0 Å². The maximum atomic E-state index is 13.8. The van der Waals surface area contributed by atoms with Crippen LogP contribution in [0.4, 0.5) is 0 Å². The number of esters is 1. The van der Waals surface area contributed by atoms with Gasteiger partial charge < -0.3 is 9.47 Å². The van der Waals surface area contributed by atoms with E-state index in [1.54, 1.807) is 18.9 Å². The molecule has 4 nitrogen and oxygen atoms in total. The zero-order valence-electron chi connectivity index (χ0n) is 18.4. The van der Waals surface area contributed by atoms with Gasteiger partial charge in [0.2, 0.25) is 0 Å². The van der Waals surface area contributed by atoms with Crippen LogP contribution in [0.3, 0.4) is 0 Å². The fraction of sp³-hybridized carbons (Fsp3) is 0.417. The van der Waals surface area contributed by atoms with E-state index < -0.39 is 16.6 Å². The molecule has 0 aliphatic carbocycles. The number of methoxy groups -OCH3 is 2. The van der Waals surface area contributed by atoms with E-state index in [2.05, 4.69) is 15.9 Å². The highest BCUT2D eigenvalue weighted by atomic mass is 79.9. The Morgan fingerprint density at radius 1 is 1.10 bits per heavy atom. The number of Topliss-reactive ketones (excluding diaryl/α,β-unsaturated/α-hetero) is 1. The number of thioether (sulfide) groups is 1. The Morgan fingerprint density at radius 2 is 1.67 bits per heavy atom. The Balaban J connectivity index is 2.37. The number of carbonyl (C=O) groups excluding carboxylic acids is 2. The zero-order chi connectivity index (χ0) is 22.5. The molecule has 0 N–H and O–H groups in total. The summed E-state index contributed by atoms with van der Waals surface area (Å²) in [6.07, 6.45) is 0.606. The standard InChI is InChI=1S/C24H29BrO4S/c1-7-24(4,30-14-17-8-10-19(28-5)11-9-17)22(26)21(23(27)29-6)20-15(2)12-18(25)13-16(20)3/h8-13,21H,7,14H2,1-6H3. The number of halogens is 1. The smallest absolute Gasteiger partial charge is 0.320 e. The van der Waals surface area contributed by atoms with Crippen LogP contribution in [0, 0.1) is 13.8 Å². The highest BCUT2D eigenvalue weighted by molar-refractivity contribution is 9.10. The zero-order valence-corrected chi connectivity index (χ0v) is 20.8. The lowest BCUT2D eigenvalue weighted by atomic mass is 9.82. The topological polar surface area (TPSA) is 52.6 Å². The van der Waals surface area contributed by atoms with E-state index in [0.717, 1.165) is 32.5 Å². The van der Waals surface area contributed by atoms with Crippen molar-refractivity contribution in [1.82, 2.24) is 0 Å². The van der Waals surface area contributed by atoms with Crippen LogP contribution in [0.15, 0.2) is 40.9 Å². The monoisotopic (exact) mass is 492 g/mol. The minimum atomic E-state index is -0.948. The van der Waals surface area contributed by atoms with Crippen LogP contribution in [-0.2, 0) is 20.1 Å². The van der Waals surface area contributed by atoms with Crippen LogP contribution in [0.2, 0.25) is 0 Å². The van der Waals surface area contributed by atoms with Gasteiger partial charge in [0, 0.05) is 10.2 Å². The van der Waals surface area contributed by atoms with E-state index in [1.807, 2.05) is 64.1 Å². The Kier molecular flexibility index (Phi) is 8.56. The predicted octanol–water partition coefficient (Wildman–Crippen LogP) is 6.00. The summed E-state index contributed by atoms with van der Waals surface area (Å²) in [5.74, 6) is -0.129. The molecule has 0 bridgehead atoms. The van der Waals surface area contributed by atoms with Crippen molar-refractivity contribution in [3.05, 3.63) is 63.1 Å². The van der Waals surface area contributed by atoms with Crippen LogP contribution in [0.1, 0.15) is 48.4 Å². The summed E-state index contributed by atoms with van der Waals surface area (Å²) in [4.78, 5) is 26.5. The van der Waals surface area contributed by atoms with Crippen molar-refractivity contribution >= 4 is 39.4 Å². The number of ketones is 1. The molecule has 0 aliphatic rings. The molecule has 0 aliphatic heterocycles. The molecule has 0 radical (unpaired) electrons. The predicted molar refractivity (Wildman–Crippen MR) is 126 cm³/mol. The number of benzene rings is 2. The first-order chi connectivity index (χ1) is 14.2. The summed E-state index contributed by atoms with van der Waals surface area (Å²) in [6, 6.07) is 11.7. The van der Waals surface area contributed by atoms with Gasteiger partial charge in [-0.25, -0.2) is 0 Å². The lowest BCUT2D eigenvalue weighted by Gasteiger charge is -2.31. The van der Waals surface area contributed by atoms with Gasteiger partial charge >= 0.3 is 5.97 Å². The third-order valence-electron chi connectivity index (χ3n) is 5.46. The van der Waals surface area contributed by atoms with Crippen LogP contribution in [0.5, 0.6) is 5.75 Å². The van der Waals surface area contributed by atoms with Crippen molar-refractivity contribution in [2.45, 2.75) is 50.5 Å². The van der Waals surface area contributed by atoms with Gasteiger partial charge in [-0.15, -0.1) is 11.8 Å². The largest absolute Gasteiger partial charge is 0.497 e. The maximum Gasteiger partial charge on any atom is 0.320 e. The molecule has 0 saturated carbocycles. The van der Waals surface area contributed by atoms with Gasteiger partial charge in [0.15, 0.2) is 5.78 Å². The third-order valence-corrected chi connectivity index (χ3v) is 7.52. The summed E-state index contributed by atoms with van der Waals surface area (Å²) in [7, 11) is 2.97. The second kappa shape index (κ2) is 10.5. The lowest BCUT2D eigenvalue weighted by Crippen LogP contribution is -2.39. The average Bonchev–Trinajstić information content (AvgIpc) is 2.73. The molecule has 0 heterocycles. The minimum absolute atomic E-state index is 0.121. The molecular weight excluding hydrogens is 464 g/mol. The SMILES string of the molecule is CCC(C)(SCc1ccc(OC)cc1)C(=O)C(C(=O)OC)c1c(C)cc(Br)cc1C. The Bertz CT molecular complexity index is 887. The number of ether oxygens (including phenoxy) is 2. The van der Waals surface area contributed by atoms with Crippen molar-refractivity contribution < 1.29 is 19.1 Å². The van der Waals surface area contributed by atoms with E-state index in [4.69, 9.17) is 9.47 Å². The average molecular weight is 493 g/mol. The number of rotatable bonds is 9. The molecule has 0 saturated heterocycles. The summed E-state index contributed by atoms with van der Waals surface area (Å²) in [5.41, 5.74) is 3.62. The van der Waals surface area contributed by atoms with E-state index in [9.17, 15) is 9.59 Å². The lowest BCUT2D eigenvalue weighted by molar-refractivity contribution is -0.146. The molecule has 0 aromatic heterocycles. The van der Waals surface area contributed by atoms with Gasteiger partial charge in [-0.2, -0.15) is 0 Å². The normalized spacial score (nSPS) is 14.0. The van der Waals surface area contributed by atoms with Gasteiger partial charge in [-0.05, 0) is 73.7 Å². The molecule has 2 aromatic rings. The van der Waals surface area contributed by atoms with Crippen molar-refractivity contribution in [3.63, 3.8) is 0 Å². The Morgan fingerprint density at radius 3 is 2.13 bits per heavy atom. The molecule has 162 valence electrons. The fourth-order valence-electron chi connectivity index (χ4n) is 3.47. The quantitative estimate of drug-likeness (QED) is 0.317. The highest BCUT2D eigenvalue weighted by Gasteiger charge is 2.42. The molecular formula is C24H29BrO4S. The van der Waals surface area contributed by atoms with Crippen LogP contribution in [0.25, 0.3) is 0 Å². The van der Waals surface area contributed by atoms with Gasteiger partial charge in [-0.3, -0.25) is 9.59 Å². The summed E-state index contributed by atoms with van der Waals surface area (Å²) >= 11 is 5.04. The molecule has 0 spiro atoms. The minimum Gasteiger partial charge on any atom is -0.497 e. The van der Waals surface area contributed by atoms with Crippen molar-refractivity contribution in [2.75, 3.05) is 14.2 Å². The van der Waals surface area contributed by atoms with Crippen molar-refractivity contribution in [2.24, 2.45) is 0 Å². The summed E-state index contributed by atoms with van der Waals surface area (Å²) in [6.45, 7) is 7.74. The molecule has 2 unspecified atom stereocenters. The Labute approximate surface area is 191 Å². The van der Waals surface area contributed by atoms with E-state index in [-0.39, 0.29) is 5.78 Å². The van der Waals surface area contributed by atoms with Crippen LogP contribution >= 0.6 is 27.7 Å². The van der Waals surface area contributed by atoms with E-state index in [0.29, 0.717) is 12.2 Å². The number of aryl methyl sites for hydroxylation is 2. The second-order valence-electron chi connectivity index (χ2n) is 7.49. The molecule has 2 rings (SSSR count). The van der Waals surface area contributed by atoms with Gasteiger partial charge in [0.1, 0.15) is 11.7 Å². The molecule has 0 amide bonds. The van der Waals surface area contributed by atoms with Crippen LogP contribution < -0.4 is 4.74 Å².